The maximum atomic E-state index is 11.9. The molecule has 3 amide bonds. The Hall–Kier alpha value is -8.49. The molecular weight excluding hydrogens is 1030 g/mol. The Bertz CT molecular complexity index is 2380. The van der Waals surface area contributed by atoms with Crippen LogP contribution in [0.3, 0.4) is 0 Å². The summed E-state index contributed by atoms with van der Waals surface area (Å²) in [5, 5.41) is 8.39. The van der Waals surface area contributed by atoms with Gasteiger partial charge in [0.2, 0.25) is 0 Å². The van der Waals surface area contributed by atoms with Crippen LogP contribution in [0.4, 0.5) is 14.4 Å². The smallest absolute Gasteiger partial charge is 0.407 e. The van der Waals surface area contributed by atoms with E-state index in [0.717, 1.165) is 65.1 Å². The zero-order valence-corrected chi connectivity index (χ0v) is 47.1. The molecule has 1 aromatic heterocycles. The Morgan fingerprint density at radius 2 is 0.900 bits per heavy atom. The summed E-state index contributed by atoms with van der Waals surface area (Å²) in [7, 11) is 0. The number of esters is 3. The van der Waals surface area contributed by atoms with E-state index in [1.54, 1.807) is 18.2 Å². The SMILES string of the molecule is C=CCOC(=O)CCCCCCCNC(=O)OCC=C.C=CCOC(=O)NCC1(C)CC(NC(=O)OCC=C)CC(C)(C)C1.C=CCOC(=O)c1ccccc1C(=O)OCC=C.C=CCn1c(=O)n(CC=C)c(=O)n(CC=C)c1=O. The maximum Gasteiger partial charge on any atom is 0.407 e. The number of alkyl carbamates (subject to hydrolysis) is 3. The Kier molecular flexibility index (Phi) is 37.2. The molecule has 0 radical (unpaired) electrons. The fraction of sp³-hybridized carbons (Fsp3) is 0.441. The van der Waals surface area contributed by atoms with Crippen LogP contribution in [0.2, 0.25) is 0 Å². The van der Waals surface area contributed by atoms with Crippen molar-refractivity contribution in [1.82, 2.24) is 29.7 Å². The third-order valence-corrected chi connectivity index (χ3v) is 11.0. The van der Waals surface area contributed by atoms with Crippen LogP contribution in [0.5, 0.6) is 0 Å². The van der Waals surface area contributed by atoms with Crippen LogP contribution < -0.4 is 33.0 Å². The third-order valence-electron chi connectivity index (χ3n) is 11.0. The minimum Gasteiger partial charge on any atom is -0.461 e. The van der Waals surface area contributed by atoms with Crippen LogP contribution in [-0.4, -0.2) is 109 Å². The number of nitrogens with zero attached hydrogens (tertiary/aromatic N) is 3. The Balaban J connectivity index is 0.00000105. The van der Waals surface area contributed by atoms with E-state index in [1.807, 2.05) is 0 Å². The maximum absolute atomic E-state index is 11.9. The largest absolute Gasteiger partial charge is 0.461 e. The molecule has 0 saturated heterocycles. The molecule has 0 spiro atoms. The zero-order chi connectivity index (χ0) is 60.4. The van der Waals surface area contributed by atoms with Gasteiger partial charge in [0.05, 0.1) is 30.8 Å². The highest BCUT2D eigenvalue weighted by molar-refractivity contribution is 6.03. The molecule has 80 heavy (non-hydrogen) atoms. The summed E-state index contributed by atoms with van der Waals surface area (Å²) >= 11 is 0. The van der Waals surface area contributed by atoms with E-state index in [1.165, 1.54) is 60.7 Å². The molecule has 0 aliphatic heterocycles. The molecule has 440 valence electrons. The van der Waals surface area contributed by atoms with Gasteiger partial charge in [0.15, 0.2) is 0 Å². The summed E-state index contributed by atoms with van der Waals surface area (Å²) in [6.07, 6.45) is 19.9. The molecule has 2 atom stereocenters. The monoisotopic (exact) mass is 1120 g/mol. The van der Waals surface area contributed by atoms with Crippen LogP contribution >= 0.6 is 0 Å². The summed E-state index contributed by atoms with van der Waals surface area (Å²) < 4.78 is 32.2. The van der Waals surface area contributed by atoms with Gasteiger partial charge in [-0.05, 0) is 55.1 Å². The van der Waals surface area contributed by atoms with Crippen LogP contribution in [-0.2, 0) is 52.8 Å². The fourth-order valence-corrected chi connectivity index (χ4v) is 8.01. The van der Waals surface area contributed by atoms with Gasteiger partial charge in [0.1, 0.15) is 39.6 Å². The molecule has 1 aliphatic carbocycles. The minimum absolute atomic E-state index is 0.00191. The standard InChI is InChI=1S/C18H30N2O4.C15H25NO4.C14H14O4.C12H15N3O3/c1-6-8-23-15(21)19-13-18(5)11-14(10-17(3,4)12-18)20-16(22)24-9-7-2;1-3-12-19-14(17)10-8-6-5-7-9-11-16-15(18)20-13-4-2;1-3-9-17-13(15)11-7-5-6-8-12(11)14(16)18-10-4-2;1-4-7-13-10(16)14(8-5-2)12(18)15(9-6-3)11(13)17/h6-7,14H,1-2,8-13H2,3-5H3,(H,19,21)(H,20,22);3-4H,1-2,5-13H2,(H,16,18);3-8H,1-2,9-10H2;4-6H,1-3,7-9H2. The molecular formula is C59H84N6O15. The van der Waals surface area contributed by atoms with E-state index in [0.29, 0.717) is 19.5 Å². The highest BCUT2D eigenvalue weighted by atomic mass is 16.6. The Morgan fingerprint density at radius 1 is 0.512 bits per heavy atom. The second-order valence-electron chi connectivity index (χ2n) is 18.7. The van der Waals surface area contributed by atoms with Crippen molar-refractivity contribution < 1.29 is 57.2 Å². The number of rotatable bonds is 31. The Labute approximate surface area is 470 Å². The van der Waals surface area contributed by atoms with Crippen molar-refractivity contribution in [2.45, 2.75) is 104 Å². The van der Waals surface area contributed by atoms with Gasteiger partial charge in [0.25, 0.3) is 0 Å². The van der Waals surface area contributed by atoms with Crippen LogP contribution in [0.25, 0.3) is 0 Å². The first-order chi connectivity index (χ1) is 38.2. The van der Waals surface area contributed by atoms with Crippen molar-refractivity contribution >= 4 is 36.2 Å². The molecule has 1 aromatic carbocycles. The van der Waals surface area contributed by atoms with Crippen molar-refractivity contribution in [3.05, 3.63) is 181 Å². The van der Waals surface area contributed by atoms with Crippen molar-refractivity contribution in [2.24, 2.45) is 10.8 Å². The van der Waals surface area contributed by atoms with Gasteiger partial charge in [-0.3, -0.25) is 4.79 Å². The second kappa shape index (κ2) is 41.6. The number of allylic oxidation sites excluding steroid dienone is 3. The van der Waals surface area contributed by atoms with Crippen molar-refractivity contribution in [3.63, 3.8) is 0 Å². The number of benzene rings is 1. The van der Waals surface area contributed by atoms with Crippen LogP contribution in [0.15, 0.2) is 153 Å². The van der Waals surface area contributed by atoms with Gasteiger partial charge < -0.3 is 44.4 Å². The van der Waals surface area contributed by atoms with Gasteiger partial charge >= 0.3 is 53.3 Å². The molecule has 1 aliphatic rings. The van der Waals surface area contributed by atoms with Crippen LogP contribution in [0, 0.1) is 10.8 Å². The van der Waals surface area contributed by atoms with Crippen molar-refractivity contribution in [3.8, 4) is 0 Å². The predicted octanol–water partition coefficient (Wildman–Crippen LogP) is 8.47. The number of hydrogen-bond donors (Lipinski definition) is 3. The quantitative estimate of drug-likeness (QED) is 0.0277. The van der Waals surface area contributed by atoms with E-state index >= 15 is 0 Å². The highest BCUT2D eigenvalue weighted by Gasteiger charge is 2.42. The summed E-state index contributed by atoms with van der Waals surface area (Å²) in [6.45, 7) is 40.1. The third kappa shape index (κ3) is 29.9. The molecule has 2 unspecified atom stereocenters. The highest BCUT2D eigenvalue weighted by Crippen LogP contribution is 2.45. The first kappa shape index (κ1) is 71.5. The van der Waals surface area contributed by atoms with E-state index in [4.69, 9.17) is 28.4 Å². The van der Waals surface area contributed by atoms with Crippen LogP contribution in [0.1, 0.15) is 99.3 Å². The van der Waals surface area contributed by atoms with Gasteiger partial charge in [0, 0.05) is 25.6 Å². The lowest BCUT2D eigenvalue weighted by molar-refractivity contribution is -0.142. The molecule has 1 heterocycles. The molecule has 1 fully saturated rings. The summed E-state index contributed by atoms with van der Waals surface area (Å²) in [5.74, 6) is -1.33. The van der Waals surface area contributed by atoms with Crippen molar-refractivity contribution in [1.29, 1.82) is 0 Å². The number of nitrogens with one attached hydrogen (secondary N) is 3. The fourth-order valence-electron chi connectivity index (χ4n) is 8.01. The van der Waals surface area contributed by atoms with E-state index in [-0.39, 0.29) is 93.2 Å². The molecule has 2 aromatic rings. The molecule has 3 rings (SSSR count). The lowest BCUT2D eigenvalue weighted by Gasteiger charge is -2.46. The van der Waals surface area contributed by atoms with Crippen molar-refractivity contribution in [2.75, 3.05) is 52.7 Å². The van der Waals surface area contributed by atoms with Gasteiger partial charge in [-0.15, -0.1) is 19.7 Å². The molecule has 3 N–H and O–H groups in total. The number of hydrogen-bond acceptors (Lipinski definition) is 15. The van der Waals surface area contributed by atoms with Gasteiger partial charge in [-0.1, -0.05) is 146 Å². The number of aromatic nitrogens is 3. The topological polar surface area (TPSA) is 260 Å². The average molecular weight is 1120 g/mol. The number of carbonyl (C=O) groups is 6. The first-order valence-corrected chi connectivity index (χ1v) is 25.9. The van der Waals surface area contributed by atoms with E-state index in [9.17, 15) is 43.2 Å². The molecule has 21 nitrogen and oxygen atoms in total. The zero-order valence-electron chi connectivity index (χ0n) is 47.1. The number of unbranched alkanes of at least 4 members (excludes halogenated alkanes) is 4. The average Bonchev–Trinajstić information content (AvgIpc) is 3.45. The van der Waals surface area contributed by atoms with Gasteiger partial charge in [-0.25, -0.2) is 52.1 Å². The lowest BCUT2D eigenvalue weighted by Crippen LogP contribution is -2.54. The van der Waals surface area contributed by atoms with Gasteiger partial charge in [-0.2, -0.15) is 0 Å². The molecule has 1 saturated carbocycles. The van der Waals surface area contributed by atoms with E-state index < -0.39 is 47.3 Å². The molecule has 0 bridgehead atoms. The number of carbonyl (C=O) groups excluding carboxylic acids is 6. The summed E-state index contributed by atoms with van der Waals surface area (Å²) in [6, 6.07) is 6.32. The normalized spacial score (nSPS) is 14.3. The minimum atomic E-state index is -0.662. The van der Waals surface area contributed by atoms with E-state index in [2.05, 4.69) is 95.9 Å². The first-order valence-electron chi connectivity index (χ1n) is 25.9. The second-order valence-corrected chi connectivity index (χ2v) is 18.7. The summed E-state index contributed by atoms with van der Waals surface area (Å²) in [4.78, 5) is 105. The summed E-state index contributed by atoms with van der Waals surface area (Å²) in [5.41, 5.74) is -1.72. The number of ether oxygens (including phenoxy) is 6. The lowest BCUT2D eigenvalue weighted by atomic mass is 9.62. The predicted molar refractivity (Wildman–Crippen MR) is 309 cm³/mol. The molecule has 21 heteroatoms. The number of amides is 3. The Morgan fingerprint density at radius 3 is 1.34 bits per heavy atom.